The Morgan fingerprint density at radius 1 is 1.03 bits per heavy atom. The van der Waals surface area contributed by atoms with Crippen molar-refractivity contribution in [2.45, 2.75) is 13.5 Å². The first-order chi connectivity index (χ1) is 14.0. The van der Waals surface area contributed by atoms with Gasteiger partial charge >= 0.3 is 5.69 Å². The van der Waals surface area contributed by atoms with Gasteiger partial charge in [-0.1, -0.05) is 66.7 Å². The van der Waals surface area contributed by atoms with Crippen LogP contribution in [-0.2, 0) is 13.6 Å². The maximum absolute atomic E-state index is 13.0. The molecule has 2 aromatic heterocycles. The number of benzene rings is 2. The first-order valence-corrected chi connectivity index (χ1v) is 9.23. The predicted octanol–water partition coefficient (Wildman–Crippen LogP) is 3.16. The van der Waals surface area contributed by atoms with Crippen molar-refractivity contribution in [3.63, 3.8) is 0 Å². The van der Waals surface area contributed by atoms with E-state index in [-0.39, 0.29) is 6.54 Å². The highest BCUT2D eigenvalue weighted by Gasteiger charge is 2.14. The zero-order chi connectivity index (χ0) is 20.5. The molecule has 144 valence electrons. The number of hydrogen-bond donors (Lipinski definition) is 0. The largest absolute Gasteiger partial charge is 0.332 e. The molecule has 2 heterocycles. The summed E-state index contributed by atoms with van der Waals surface area (Å²) in [5, 5.41) is 0.311. The molecule has 0 saturated heterocycles. The van der Waals surface area contributed by atoms with Crippen molar-refractivity contribution < 1.29 is 0 Å². The Morgan fingerprint density at radius 3 is 2.38 bits per heavy atom. The van der Waals surface area contributed by atoms with E-state index in [0.29, 0.717) is 16.9 Å². The van der Waals surface area contributed by atoms with Crippen LogP contribution in [0, 0.1) is 6.92 Å². The van der Waals surface area contributed by atoms with Crippen LogP contribution in [-0.4, -0.2) is 19.1 Å². The molecule has 6 nitrogen and oxygen atoms in total. The van der Waals surface area contributed by atoms with Crippen LogP contribution < -0.4 is 11.2 Å². The molecule has 29 heavy (non-hydrogen) atoms. The van der Waals surface area contributed by atoms with E-state index < -0.39 is 11.2 Å². The lowest BCUT2D eigenvalue weighted by atomic mass is 10.1. The van der Waals surface area contributed by atoms with Gasteiger partial charge in [0.1, 0.15) is 5.39 Å². The highest BCUT2D eigenvalue weighted by molar-refractivity contribution is 5.75. The number of aromatic nitrogens is 4. The monoisotopic (exact) mass is 384 g/mol. The molecular weight excluding hydrogens is 364 g/mol. The van der Waals surface area contributed by atoms with Crippen molar-refractivity contribution >= 4 is 17.1 Å². The topological polar surface area (TPSA) is 69.8 Å². The summed E-state index contributed by atoms with van der Waals surface area (Å²) in [6.07, 6.45) is 3.24. The van der Waals surface area contributed by atoms with Crippen LogP contribution in [0.5, 0.6) is 0 Å². The van der Waals surface area contributed by atoms with Gasteiger partial charge in [0.05, 0.1) is 6.54 Å². The number of aryl methyl sites for hydroxylation is 2. The first-order valence-electron chi connectivity index (χ1n) is 9.23. The maximum atomic E-state index is 13.0. The summed E-state index contributed by atoms with van der Waals surface area (Å²) in [6.45, 7) is 5.91. The Morgan fingerprint density at radius 2 is 1.72 bits per heavy atom. The van der Waals surface area contributed by atoms with E-state index in [1.165, 1.54) is 15.3 Å². The summed E-state index contributed by atoms with van der Waals surface area (Å²) in [6, 6.07) is 15.3. The van der Waals surface area contributed by atoms with Crippen molar-refractivity contribution in [3.8, 4) is 11.4 Å². The molecule has 6 heteroatoms. The summed E-state index contributed by atoms with van der Waals surface area (Å²) in [4.78, 5) is 34.7. The van der Waals surface area contributed by atoms with Crippen LogP contribution >= 0.6 is 0 Å². The van der Waals surface area contributed by atoms with E-state index >= 15 is 0 Å². The van der Waals surface area contributed by atoms with Crippen LogP contribution in [0.2, 0.25) is 0 Å². The standard InChI is InChI=1S/C23H20N4O2/c1-4-16-7-9-17(10-8-16)14-27-22(28)19-13-24-20(18-11-5-15(2)6-12-18)25-21(19)26(3)23(27)29/h4-13H,1,14H2,2-3H3. The van der Waals surface area contributed by atoms with E-state index in [4.69, 9.17) is 0 Å². The number of hydrogen-bond acceptors (Lipinski definition) is 4. The SMILES string of the molecule is C=Cc1ccc(Cn2c(=O)c3cnc(-c4ccc(C)cc4)nc3n(C)c2=O)cc1. The highest BCUT2D eigenvalue weighted by Crippen LogP contribution is 2.17. The molecule has 0 atom stereocenters. The van der Waals surface area contributed by atoms with E-state index in [9.17, 15) is 9.59 Å². The lowest BCUT2D eigenvalue weighted by Gasteiger charge is -2.11. The average molecular weight is 384 g/mol. The van der Waals surface area contributed by atoms with Crippen molar-refractivity contribution in [1.29, 1.82) is 0 Å². The minimum Gasteiger partial charge on any atom is -0.280 e. The maximum Gasteiger partial charge on any atom is 0.332 e. The van der Waals surface area contributed by atoms with Gasteiger partial charge in [0.2, 0.25) is 0 Å². The third-order valence-corrected chi connectivity index (χ3v) is 4.95. The van der Waals surface area contributed by atoms with Crippen LogP contribution in [0.1, 0.15) is 16.7 Å². The van der Waals surface area contributed by atoms with E-state index in [1.54, 1.807) is 13.1 Å². The van der Waals surface area contributed by atoms with Crippen LogP contribution in [0.3, 0.4) is 0 Å². The quantitative estimate of drug-likeness (QED) is 0.542. The van der Waals surface area contributed by atoms with Crippen LogP contribution in [0.15, 0.2) is 70.9 Å². The van der Waals surface area contributed by atoms with Crippen molar-refractivity contribution in [2.75, 3.05) is 0 Å². The molecule has 0 aliphatic heterocycles. The molecular formula is C23H20N4O2. The van der Waals surface area contributed by atoms with Crippen molar-refractivity contribution in [2.24, 2.45) is 7.05 Å². The Bertz CT molecular complexity index is 1330. The van der Waals surface area contributed by atoms with Gasteiger partial charge in [-0.15, -0.1) is 0 Å². The Hall–Kier alpha value is -3.80. The van der Waals surface area contributed by atoms with Gasteiger partial charge in [-0.25, -0.2) is 14.8 Å². The molecule has 2 aromatic carbocycles. The molecule has 0 radical (unpaired) electrons. The van der Waals surface area contributed by atoms with Gasteiger partial charge in [-0.2, -0.15) is 0 Å². The van der Waals surface area contributed by atoms with Gasteiger partial charge in [-0.3, -0.25) is 13.9 Å². The molecule has 0 fully saturated rings. The molecule has 0 aliphatic carbocycles. The zero-order valence-electron chi connectivity index (χ0n) is 16.3. The number of nitrogens with zero attached hydrogens (tertiary/aromatic N) is 4. The predicted molar refractivity (Wildman–Crippen MR) is 115 cm³/mol. The molecule has 0 aliphatic rings. The van der Waals surface area contributed by atoms with Gasteiger partial charge in [-0.05, 0) is 18.1 Å². The fourth-order valence-electron chi connectivity index (χ4n) is 3.21. The zero-order valence-corrected chi connectivity index (χ0v) is 16.3. The average Bonchev–Trinajstić information content (AvgIpc) is 2.76. The van der Waals surface area contributed by atoms with Gasteiger partial charge in [0.15, 0.2) is 11.5 Å². The van der Waals surface area contributed by atoms with Gasteiger partial charge in [0.25, 0.3) is 5.56 Å². The second-order valence-corrected chi connectivity index (χ2v) is 6.98. The first kappa shape index (κ1) is 18.6. The summed E-state index contributed by atoms with van der Waals surface area (Å²) in [5.41, 5.74) is 3.30. The third-order valence-electron chi connectivity index (χ3n) is 4.95. The summed E-state index contributed by atoms with van der Waals surface area (Å²) in [7, 11) is 1.62. The van der Waals surface area contributed by atoms with Crippen molar-refractivity contribution in [3.05, 3.63) is 98.8 Å². The van der Waals surface area contributed by atoms with Gasteiger partial charge in [0, 0.05) is 18.8 Å². The molecule has 0 bridgehead atoms. The second kappa shape index (κ2) is 7.31. The molecule has 4 rings (SSSR count). The molecule has 0 unspecified atom stereocenters. The van der Waals surface area contributed by atoms with Crippen LogP contribution in [0.4, 0.5) is 0 Å². The third kappa shape index (κ3) is 3.40. The number of fused-ring (bicyclic) bond motifs is 1. The van der Waals surface area contributed by atoms with Gasteiger partial charge < -0.3 is 0 Å². The normalized spacial score (nSPS) is 11.0. The molecule has 0 amide bonds. The molecule has 0 N–H and O–H groups in total. The summed E-state index contributed by atoms with van der Waals surface area (Å²) in [5.74, 6) is 0.477. The fourth-order valence-corrected chi connectivity index (χ4v) is 3.21. The second-order valence-electron chi connectivity index (χ2n) is 6.98. The summed E-state index contributed by atoms with van der Waals surface area (Å²) < 4.78 is 2.61. The minimum atomic E-state index is -0.413. The van der Waals surface area contributed by atoms with E-state index in [1.807, 2.05) is 55.5 Å². The van der Waals surface area contributed by atoms with Crippen LogP contribution in [0.25, 0.3) is 28.5 Å². The highest BCUT2D eigenvalue weighted by atomic mass is 16.2. The Balaban J connectivity index is 1.82. The van der Waals surface area contributed by atoms with E-state index in [0.717, 1.165) is 22.3 Å². The molecule has 0 saturated carbocycles. The molecule has 0 spiro atoms. The van der Waals surface area contributed by atoms with Crippen molar-refractivity contribution in [1.82, 2.24) is 19.1 Å². The fraction of sp³-hybridized carbons (Fsp3) is 0.130. The van der Waals surface area contributed by atoms with E-state index in [2.05, 4.69) is 16.5 Å². The molecule has 4 aromatic rings. The summed E-state index contributed by atoms with van der Waals surface area (Å²) >= 11 is 0. The lowest BCUT2D eigenvalue weighted by Crippen LogP contribution is -2.39. The Labute approximate surface area is 167 Å². The lowest BCUT2D eigenvalue weighted by molar-refractivity contribution is 0.656. The minimum absolute atomic E-state index is 0.179. The number of rotatable bonds is 4. The Kier molecular flexibility index (Phi) is 4.68. The smallest absolute Gasteiger partial charge is 0.280 e.